The Hall–Kier alpha value is -4.31. The van der Waals surface area contributed by atoms with Gasteiger partial charge >= 0.3 is 5.97 Å². The molecule has 2 amide bonds. The molecule has 1 saturated carbocycles. The average molecular weight is 557 g/mol. The second-order valence-corrected chi connectivity index (χ2v) is 11.0. The van der Waals surface area contributed by atoms with Crippen LogP contribution in [0.1, 0.15) is 37.9 Å². The summed E-state index contributed by atoms with van der Waals surface area (Å²) in [5.41, 5.74) is 3.47. The molecule has 4 aromatic rings. The predicted molar refractivity (Wildman–Crippen MR) is 151 cm³/mol. The summed E-state index contributed by atoms with van der Waals surface area (Å²) in [5.74, 6) is -0.687. The van der Waals surface area contributed by atoms with Crippen LogP contribution in [0.3, 0.4) is 0 Å². The highest BCUT2D eigenvalue weighted by molar-refractivity contribution is 7.14. The summed E-state index contributed by atoms with van der Waals surface area (Å²) in [6.45, 7) is 0.689. The summed E-state index contributed by atoms with van der Waals surface area (Å²) < 4.78 is 5.41. The van der Waals surface area contributed by atoms with E-state index in [1.807, 2.05) is 41.8 Å². The first-order valence-electron chi connectivity index (χ1n) is 13.4. The number of furan rings is 1. The van der Waals surface area contributed by atoms with Crippen molar-refractivity contribution in [3.8, 4) is 22.4 Å². The van der Waals surface area contributed by atoms with Gasteiger partial charge in [0.15, 0.2) is 5.13 Å². The summed E-state index contributed by atoms with van der Waals surface area (Å²) in [6, 6.07) is 15.2. The van der Waals surface area contributed by atoms with Crippen LogP contribution in [0.25, 0.3) is 22.4 Å². The van der Waals surface area contributed by atoms with Crippen LogP contribution < -0.4 is 9.80 Å². The van der Waals surface area contributed by atoms with Crippen molar-refractivity contribution in [3.05, 3.63) is 72.1 Å². The van der Waals surface area contributed by atoms with E-state index in [1.54, 1.807) is 28.1 Å². The third-order valence-corrected chi connectivity index (χ3v) is 8.10. The number of nitrogens with zero attached hydrogens (tertiary/aromatic N) is 4. The van der Waals surface area contributed by atoms with Gasteiger partial charge in [-0.15, -0.1) is 11.3 Å². The number of hydrogen-bond acceptors (Lipinski definition) is 7. The Kier molecular flexibility index (Phi) is 7.17. The van der Waals surface area contributed by atoms with Crippen molar-refractivity contribution >= 4 is 40.1 Å². The lowest BCUT2D eigenvalue weighted by Crippen LogP contribution is -2.39. The molecule has 0 spiro atoms. The fourth-order valence-corrected chi connectivity index (χ4v) is 6.04. The normalized spacial score (nSPS) is 15.8. The van der Waals surface area contributed by atoms with E-state index >= 15 is 0 Å². The van der Waals surface area contributed by atoms with Gasteiger partial charge < -0.3 is 9.52 Å². The Balaban J connectivity index is 1.28. The van der Waals surface area contributed by atoms with Gasteiger partial charge in [-0.05, 0) is 49.1 Å². The molecule has 4 heterocycles. The Morgan fingerprint density at radius 3 is 2.60 bits per heavy atom. The first-order valence-corrected chi connectivity index (χ1v) is 14.2. The van der Waals surface area contributed by atoms with Gasteiger partial charge in [-0.25, -0.2) is 9.97 Å². The second-order valence-electron chi connectivity index (χ2n) is 10.1. The number of benzene rings is 1. The van der Waals surface area contributed by atoms with E-state index in [1.165, 1.54) is 17.6 Å². The van der Waals surface area contributed by atoms with Gasteiger partial charge in [-0.1, -0.05) is 24.3 Å². The molecule has 0 unspecified atom stereocenters. The highest BCUT2D eigenvalue weighted by Crippen LogP contribution is 2.39. The maximum absolute atomic E-state index is 13.7. The predicted octanol–water partition coefficient (Wildman–Crippen LogP) is 5.42. The summed E-state index contributed by atoms with van der Waals surface area (Å²) in [6.07, 6.45) is 6.35. The molecule has 204 valence electrons. The van der Waals surface area contributed by atoms with Crippen molar-refractivity contribution in [2.45, 2.75) is 44.6 Å². The molecular formula is C30H28N4O5S. The summed E-state index contributed by atoms with van der Waals surface area (Å²) >= 11 is 1.38. The van der Waals surface area contributed by atoms with Gasteiger partial charge in [0.05, 0.1) is 24.3 Å². The zero-order valence-corrected chi connectivity index (χ0v) is 22.5. The van der Waals surface area contributed by atoms with Gasteiger partial charge in [0, 0.05) is 48.1 Å². The molecule has 1 N–H and O–H groups in total. The fraction of sp³-hybridized carbons (Fsp3) is 0.300. The van der Waals surface area contributed by atoms with E-state index in [9.17, 15) is 19.5 Å². The number of carbonyl (C=O) groups excluding carboxylic acids is 2. The van der Waals surface area contributed by atoms with Crippen LogP contribution in [0.15, 0.2) is 70.8 Å². The Labute approximate surface area is 235 Å². The zero-order valence-electron chi connectivity index (χ0n) is 21.7. The van der Waals surface area contributed by atoms with E-state index in [0.29, 0.717) is 29.7 Å². The summed E-state index contributed by atoms with van der Waals surface area (Å²) in [4.78, 5) is 50.3. The summed E-state index contributed by atoms with van der Waals surface area (Å²) in [7, 11) is 0. The number of hydrogen-bond donors (Lipinski definition) is 1. The Morgan fingerprint density at radius 1 is 1.12 bits per heavy atom. The largest absolute Gasteiger partial charge is 0.481 e. The lowest BCUT2D eigenvalue weighted by atomic mass is 9.98. The van der Waals surface area contributed by atoms with Gasteiger partial charge in [0.1, 0.15) is 11.6 Å². The topological polar surface area (TPSA) is 117 Å². The first-order chi connectivity index (χ1) is 19.5. The molecule has 0 radical (unpaired) electrons. The van der Waals surface area contributed by atoms with E-state index < -0.39 is 11.9 Å². The molecule has 10 heteroatoms. The van der Waals surface area contributed by atoms with Crippen molar-refractivity contribution in [3.63, 3.8) is 0 Å². The third-order valence-electron chi connectivity index (χ3n) is 7.26. The quantitative estimate of drug-likeness (QED) is 0.277. The van der Waals surface area contributed by atoms with Crippen LogP contribution in [0.2, 0.25) is 0 Å². The van der Waals surface area contributed by atoms with Crippen LogP contribution >= 0.6 is 11.3 Å². The molecule has 1 saturated heterocycles. The second kappa shape index (κ2) is 11.1. The molecule has 1 aliphatic carbocycles. The first kappa shape index (κ1) is 25.9. The van der Waals surface area contributed by atoms with E-state index in [4.69, 9.17) is 9.40 Å². The zero-order chi connectivity index (χ0) is 27.6. The molecule has 9 nitrogen and oxygen atoms in total. The van der Waals surface area contributed by atoms with Crippen LogP contribution in [0.5, 0.6) is 0 Å². The highest BCUT2D eigenvalue weighted by atomic mass is 32.1. The van der Waals surface area contributed by atoms with Crippen LogP contribution in [-0.2, 0) is 20.8 Å². The Bertz CT molecular complexity index is 1530. The molecular weight excluding hydrogens is 528 g/mol. The monoisotopic (exact) mass is 556 g/mol. The minimum Gasteiger partial charge on any atom is -0.481 e. The molecule has 3 aromatic heterocycles. The number of carbonyl (C=O) groups is 3. The molecule has 1 atom stereocenters. The fourth-order valence-electron chi connectivity index (χ4n) is 5.14. The number of anilines is 2. The number of aliphatic carboxylic acids is 1. The molecule has 2 fully saturated rings. The van der Waals surface area contributed by atoms with Gasteiger partial charge in [-0.2, -0.15) is 0 Å². The lowest BCUT2D eigenvalue weighted by Gasteiger charge is -2.24. The summed E-state index contributed by atoms with van der Waals surface area (Å²) in [5, 5.41) is 12.0. The van der Waals surface area contributed by atoms with Crippen molar-refractivity contribution in [2.24, 2.45) is 5.92 Å². The van der Waals surface area contributed by atoms with Crippen LogP contribution in [-0.4, -0.2) is 45.4 Å². The van der Waals surface area contributed by atoms with Gasteiger partial charge in [-0.3, -0.25) is 24.2 Å². The number of aromatic nitrogens is 2. The van der Waals surface area contributed by atoms with E-state index in [0.717, 1.165) is 41.6 Å². The standard InChI is InChI=1S/C30H28N4O5S/c35-27-8-3-13-33(27)26-12-9-19(17-31-26)23-6-1-2-7-24(23)25-18-40-30(32-25)34(21-10-11-21)29(38)20(16-28(36)37)15-22-5-4-14-39-22/h1-2,4-7,9,12,14,17-18,20-21H,3,8,10-11,13,15-16H2,(H,36,37)/t20-/m1/s1. The van der Waals surface area contributed by atoms with Crippen LogP contribution in [0, 0.1) is 5.92 Å². The van der Waals surface area contributed by atoms with Gasteiger partial charge in [0.2, 0.25) is 11.8 Å². The third kappa shape index (κ3) is 5.40. The van der Waals surface area contributed by atoms with Crippen molar-refractivity contribution in [1.82, 2.24) is 9.97 Å². The minimum atomic E-state index is -1.02. The van der Waals surface area contributed by atoms with E-state index in [2.05, 4.69) is 4.98 Å². The van der Waals surface area contributed by atoms with Crippen LogP contribution in [0.4, 0.5) is 10.9 Å². The molecule has 1 aliphatic heterocycles. The van der Waals surface area contributed by atoms with Crippen molar-refractivity contribution in [2.75, 3.05) is 16.3 Å². The lowest BCUT2D eigenvalue weighted by molar-refractivity contribution is -0.140. The highest BCUT2D eigenvalue weighted by Gasteiger charge is 2.39. The molecule has 6 rings (SSSR count). The maximum atomic E-state index is 13.7. The SMILES string of the molecule is O=C(O)C[C@@H](Cc1ccco1)C(=O)N(c1nc(-c2ccccc2-c2ccc(N3CCCC3=O)nc2)cs1)C1CC1. The van der Waals surface area contributed by atoms with Crippen molar-refractivity contribution in [1.29, 1.82) is 0 Å². The molecule has 1 aromatic carbocycles. The average Bonchev–Trinajstić information content (AvgIpc) is 3.30. The molecule has 0 bridgehead atoms. The molecule has 2 aliphatic rings. The maximum Gasteiger partial charge on any atom is 0.304 e. The number of carboxylic acid groups (broad SMARTS) is 1. The number of thiazole rings is 1. The minimum absolute atomic E-state index is 0.0136. The number of amides is 2. The Morgan fingerprint density at radius 2 is 1.95 bits per heavy atom. The van der Waals surface area contributed by atoms with Gasteiger partial charge in [0.25, 0.3) is 0 Å². The molecule has 40 heavy (non-hydrogen) atoms. The smallest absolute Gasteiger partial charge is 0.304 e. The number of pyridine rings is 1. The number of carboxylic acids is 1. The van der Waals surface area contributed by atoms with Crippen molar-refractivity contribution < 1.29 is 23.9 Å². The van der Waals surface area contributed by atoms with E-state index in [-0.39, 0.29) is 30.7 Å². The number of rotatable bonds is 10.